The Morgan fingerprint density at radius 3 is 2.00 bits per heavy atom. The van der Waals surface area contributed by atoms with E-state index in [0.717, 1.165) is 21.7 Å². The molecule has 5 rings (SSSR count). The first-order valence-electron chi connectivity index (χ1n) is 9.79. The number of ether oxygens (including phenoxy) is 2. The van der Waals surface area contributed by atoms with Gasteiger partial charge in [0.25, 0.3) is 11.8 Å². The van der Waals surface area contributed by atoms with Crippen LogP contribution in [0.5, 0.6) is 11.5 Å². The fourth-order valence-corrected chi connectivity index (χ4v) is 5.65. The minimum atomic E-state index is -1.37. The molecule has 2 heterocycles. The molecule has 1 saturated heterocycles. The van der Waals surface area contributed by atoms with Crippen LogP contribution in [0.1, 0.15) is 33.5 Å². The molecule has 1 fully saturated rings. The van der Waals surface area contributed by atoms with Gasteiger partial charge < -0.3 is 9.47 Å². The maximum atomic E-state index is 13.4. The van der Waals surface area contributed by atoms with Crippen LogP contribution in [0.2, 0.25) is 0 Å². The number of nitrogens with one attached hydrogen (secondary N) is 2. The number of rotatable bonds is 4. The molecule has 0 saturated carbocycles. The zero-order chi connectivity index (χ0) is 21.6. The second-order valence-electron chi connectivity index (χ2n) is 7.60. The van der Waals surface area contributed by atoms with Gasteiger partial charge >= 0.3 is 0 Å². The van der Waals surface area contributed by atoms with Gasteiger partial charge in [-0.3, -0.25) is 20.4 Å². The second-order valence-corrected chi connectivity index (χ2v) is 8.38. The molecule has 3 aromatic rings. The molecule has 8 nitrogen and oxygen atoms in total. The van der Waals surface area contributed by atoms with E-state index in [1.54, 1.807) is 14.2 Å². The Hall–Kier alpha value is -3.46. The van der Waals surface area contributed by atoms with Crippen molar-refractivity contribution in [2.24, 2.45) is 5.41 Å². The van der Waals surface area contributed by atoms with Gasteiger partial charge in [-0.05, 0) is 46.9 Å². The summed E-state index contributed by atoms with van der Waals surface area (Å²) in [6, 6.07) is 14.9. The number of hydrogen-bond acceptors (Lipinski definition) is 7. The second kappa shape index (κ2) is 7.35. The summed E-state index contributed by atoms with van der Waals surface area (Å²) in [5.74, 6) is -0.252. The molecule has 1 aliphatic heterocycles. The summed E-state index contributed by atoms with van der Waals surface area (Å²) >= 11 is 1.23. The number of benzene rings is 2. The lowest BCUT2D eigenvalue weighted by molar-refractivity contribution is -0.139. The van der Waals surface area contributed by atoms with Crippen LogP contribution in [0.25, 0.3) is 0 Å². The molecule has 1 spiro atoms. The molecule has 1 aromatic heterocycles. The van der Waals surface area contributed by atoms with Gasteiger partial charge in [-0.15, -0.1) is 5.10 Å². The van der Waals surface area contributed by atoms with Gasteiger partial charge in [0.2, 0.25) is 0 Å². The Bertz CT molecular complexity index is 1130. The van der Waals surface area contributed by atoms with Crippen LogP contribution in [0, 0.1) is 5.41 Å². The van der Waals surface area contributed by atoms with Crippen LogP contribution in [0.15, 0.2) is 48.5 Å². The monoisotopic (exact) mass is 436 g/mol. The lowest BCUT2D eigenvalue weighted by Gasteiger charge is -2.42. The van der Waals surface area contributed by atoms with E-state index in [-0.39, 0.29) is 11.8 Å². The average molecular weight is 436 g/mol. The first kappa shape index (κ1) is 19.5. The quantitative estimate of drug-likeness (QED) is 0.608. The maximum Gasteiger partial charge on any atom is 0.255 e. The van der Waals surface area contributed by atoms with Crippen LogP contribution in [-0.4, -0.2) is 35.6 Å². The van der Waals surface area contributed by atoms with Crippen LogP contribution >= 0.6 is 11.5 Å². The molecule has 2 aromatic carbocycles. The van der Waals surface area contributed by atoms with Gasteiger partial charge in [0.15, 0.2) is 0 Å². The predicted octanol–water partition coefficient (Wildman–Crippen LogP) is 2.17. The van der Waals surface area contributed by atoms with Crippen molar-refractivity contribution in [2.75, 3.05) is 14.2 Å². The van der Waals surface area contributed by atoms with Gasteiger partial charge in [-0.2, -0.15) is 0 Å². The molecule has 9 heteroatoms. The van der Waals surface area contributed by atoms with E-state index in [4.69, 9.17) is 9.47 Å². The van der Waals surface area contributed by atoms with E-state index >= 15 is 0 Å². The molecule has 0 bridgehead atoms. The summed E-state index contributed by atoms with van der Waals surface area (Å²) in [4.78, 5) is 27.7. The SMILES string of the molecule is COc1ccc(C2Cc3nnsc3C(c3ccc(OC)cc3)C23C(=O)NNC3=O)cc1. The largest absolute Gasteiger partial charge is 0.497 e. The van der Waals surface area contributed by atoms with Gasteiger partial charge in [0.1, 0.15) is 16.9 Å². The third kappa shape index (κ3) is 2.80. The van der Waals surface area contributed by atoms with Crippen molar-refractivity contribution >= 4 is 23.3 Å². The van der Waals surface area contributed by atoms with Crippen molar-refractivity contribution in [3.8, 4) is 11.5 Å². The molecule has 31 heavy (non-hydrogen) atoms. The van der Waals surface area contributed by atoms with E-state index in [9.17, 15) is 9.59 Å². The summed E-state index contributed by atoms with van der Waals surface area (Å²) in [7, 11) is 3.20. The Morgan fingerprint density at radius 1 is 0.903 bits per heavy atom. The maximum absolute atomic E-state index is 13.4. The average Bonchev–Trinajstić information content (AvgIpc) is 3.39. The first-order chi connectivity index (χ1) is 15.1. The molecule has 2 N–H and O–H groups in total. The highest BCUT2D eigenvalue weighted by atomic mass is 32.1. The van der Waals surface area contributed by atoms with Crippen molar-refractivity contribution in [2.45, 2.75) is 18.3 Å². The van der Waals surface area contributed by atoms with Crippen molar-refractivity contribution in [1.82, 2.24) is 20.4 Å². The highest BCUT2D eigenvalue weighted by Crippen LogP contribution is 2.57. The molecule has 158 valence electrons. The van der Waals surface area contributed by atoms with Crippen LogP contribution in [-0.2, 0) is 16.0 Å². The number of carbonyl (C=O) groups is 2. The van der Waals surface area contributed by atoms with Crippen molar-refractivity contribution in [3.63, 3.8) is 0 Å². The summed E-state index contributed by atoms with van der Waals surface area (Å²) in [5, 5.41) is 4.34. The van der Waals surface area contributed by atoms with Crippen molar-refractivity contribution in [3.05, 3.63) is 70.2 Å². The first-order valence-corrected chi connectivity index (χ1v) is 10.6. The van der Waals surface area contributed by atoms with E-state index < -0.39 is 17.3 Å². The minimum absolute atomic E-state index is 0.349. The van der Waals surface area contributed by atoms with Gasteiger partial charge in [0, 0.05) is 18.3 Å². The predicted molar refractivity (Wildman–Crippen MR) is 113 cm³/mol. The van der Waals surface area contributed by atoms with Crippen LogP contribution < -0.4 is 20.3 Å². The summed E-state index contributed by atoms with van der Waals surface area (Å²) in [5.41, 5.74) is 6.28. The van der Waals surface area contributed by atoms with Gasteiger partial charge in [-0.25, -0.2) is 0 Å². The standard InChI is InChI=1S/C22H20N4O4S/c1-29-14-7-3-12(4-8-14)16-11-17-19(31-26-23-17)18(13-5-9-15(30-2)10-6-13)22(16)20(27)24-25-21(22)28/h3-10,16,18H,11H2,1-2H3,(H,24,27)(H,25,28). The fraction of sp³-hybridized carbons (Fsp3) is 0.273. The van der Waals surface area contributed by atoms with E-state index in [1.165, 1.54) is 11.5 Å². The Kier molecular flexibility index (Phi) is 4.62. The topological polar surface area (TPSA) is 102 Å². The zero-order valence-corrected chi connectivity index (χ0v) is 17.7. The molecule has 1 aliphatic carbocycles. The van der Waals surface area contributed by atoms with Crippen LogP contribution in [0.3, 0.4) is 0 Å². The van der Waals surface area contributed by atoms with Crippen LogP contribution in [0.4, 0.5) is 0 Å². The highest BCUT2D eigenvalue weighted by Gasteiger charge is 2.64. The normalized spacial score (nSPS) is 21.4. The number of carbonyl (C=O) groups excluding carboxylic acids is 2. The highest BCUT2D eigenvalue weighted by molar-refractivity contribution is 7.05. The van der Waals surface area contributed by atoms with E-state index in [1.807, 2.05) is 48.5 Å². The smallest absolute Gasteiger partial charge is 0.255 e. The van der Waals surface area contributed by atoms with Crippen molar-refractivity contribution in [1.29, 1.82) is 0 Å². The van der Waals surface area contributed by atoms with E-state index in [2.05, 4.69) is 20.4 Å². The number of amides is 2. The Morgan fingerprint density at radius 2 is 1.45 bits per heavy atom. The van der Waals surface area contributed by atoms with Gasteiger partial charge in [0.05, 0.1) is 24.8 Å². The third-order valence-corrected chi connectivity index (χ3v) is 7.09. The van der Waals surface area contributed by atoms with E-state index in [0.29, 0.717) is 17.9 Å². The molecule has 2 aliphatic rings. The summed E-state index contributed by atoms with van der Waals surface area (Å²) in [6.07, 6.45) is 0.436. The number of nitrogens with zero attached hydrogens (tertiary/aromatic N) is 2. The summed E-state index contributed by atoms with van der Waals surface area (Å²) in [6.45, 7) is 0. The number of hydrogen-bond donors (Lipinski definition) is 2. The molecular formula is C22H20N4O4S. The molecular weight excluding hydrogens is 416 g/mol. The minimum Gasteiger partial charge on any atom is -0.497 e. The zero-order valence-electron chi connectivity index (χ0n) is 16.9. The number of hydrazine groups is 1. The molecule has 0 radical (unpaired) electrons. The number of fused-ring (bicyclic) bond motifs is 1. The molecule has 2 atom stereocenters. The number of methoxy groups -OCH3 is 2. The lowest BCUT2D eigenvalue weighted by atomic mass is 9.57. The fourth-order valence-electron chi connectivity index (χ4n) is 4.77. The van der Waals surface area contributed by atoms with Gasteiger partial charge in [-0.1, -0.05) is 28.8 Å². The molecule has 2 amide bonds. The van der Waals surface area contributed by atoms with Crippen molar-refractivity contribution < 1.29 is 19.1 Å². The third-order valence-electron chi connectivity index (χ3n) is 6.26. The Labute approximate surface area is 182 Å². The molecule has 2 unspecified atom stereocenters. The Balaban J connectivity index is 1.74. The summed E-state index contributed by atoms with van der Waals surface area (Å²) < 4.78 is 14.7. The lowest BCUT2D eigenvalue weighted by Crippen LogP contribution is -2.50. The number of aromatic nitrogens is 2.